The molecule has 0 aliphatic carbocycles. The molecule has 0 saturated carbocycles. The third kappa shape index (κ3) is 3.36. The first-order chi connectivity index (χ1) is 9.43. The van der Waals surface area contributed by atoms with E-state index in [1.54, 1.807) is 13.8 Å². The van der Waals surface area contributed by atoms with Crippen LogP contribution in [0.2, 0.25) is 0 Å². The molecule has 0 bridgehead atoms. The number of anilines is 1. The van der Waals surface area contributed by atoms with Crippen LogP contribution in [-0.2, 0) is 20.7 Å². The molecule has 1 atom stereocenters. The minimum Gasteiger partial charge on any atom is -0.474 e. The molecule has 0 aliphatic heterocycles. The smallest absolute Gasteiger partial charge is 0.395 e. The first kappa shape index (κ1) is 16.2. The number of carbonyl (C=O) groups is 2. The fourth-order valence-corrected chi connectivity index (χ4v) is 2.22. The number of amides is 1. The van der Waals surface area contributed by atoms with Gasteiger partial charge in [0.25, 0.3) is 0 Å². The van der Waals surface area contributed by atoms with E-state index >= 15 is 0 Å². The molecule has 20 heavy (non-hydrogen) atoms. The van der Waals surface area contributed by atoms with Crippen molar-refractivity contribution in [2.45, 2.75) is 40.3 Å². The van der Waals surface area contributed by atoms with Gasteiger partial charge in [-0.15, -0.1) is 0 Å². The Balaban J connectivity index is 3.37. The van der Waals surface area contributed by atoms with Gasteiger partial charge in [-0.25, -0.2) is 4.79 Å². The highest BCUT2D eigenvalue weighted by Crippen LogP contribution is 2.28. The maximum atomic E-state index is 12.0. The van der Waals surface area contributed by atoms with Crippen molar-refractivity contribution in [2.24, 2.45) is 0 Å². The summed E-state index contributed by atoms with van der Waals surface area (Å²) in [5.74, 6) is -2.46. The summed E-state index contributed by atoms with van der Waals surface area (Å²) < 4.78 is 5.43. The summed E-state index contributed by atoms with van der Waals surface area (Å²) in [6, 6.07) is 5.64. The molecule has 5 heteroatoms. The number of rotatable bonds is 5. The third-order valence-corrected chi connectivity index (χ3v) is 3.12. The molecule has 0 radical (unpaired) electrons. The van der Waals surface area contributed by atoms with E-state index in [4.69, 9.17) is 9.84 Å². The van der Waals surface area contributed by atoms with E-state index < -0.39 is 18.1 Å². The van der Waals surface area contributed by atoms with Crippen molar-refractivity contribution in [3.8, 4) is 0 Å². The zero-order valence-electron chi connectivity index (χ0n) is 12.3. The highest BCUT2D eigenvalue weighted by molar-refractivity contribution is 6.37. The first-order valence-corrected chi connectivity index (χ1v) is 6.70. The van der Waals surface area contributed by atoms with E-state index in [-0.39, 0.29) is 0 Å². The Morgan fingerprint density at radius 1 is 1.35 bits per heavy atom. The zero-order valence-corrected chi connectivity index (χ0v) is 12.3. The van der Waals surface area contributed by atoms with Crippen molar-refractivity contribution in [3.05, 3.63) is 29.3 Å². The lowest BCUT2D eigenvalue weighted by molar-refractivity contribution is -0.150. The van der Waals surface area contributed by atoms with E-state index in [0.29, 0.717) is 18.7 Å². The van der Waals surface area contributed by atoms with Gasteiger partial charge in [0.15, 0.2) is 0 Å². The second-order valence-corrected chi connectivity index (χ2v) is 4.47. The number of aryl methyl sites for hydroxylation is 2. The molecule has 1 aromatic rings. The van der Waals surface area contributed by atoms with Gasteiger partial charge < -0.3 is 9.84 Å². The third-order valence-electron chi connectivity index (χ3n) is 3.12. The average Bonchev–Trinajstić information content (AvgIpc) is 2.40. The topological polar surface area (TPSA) is 66.8 Å². The van der Waals surface area contributed by atoms with Gasteiger partial charge in [0.1, 0.15) is 6.23 Å². The normalized spacial score (nSPS) is 12.0. The highest BCUT2D eigenvalue weighted by atomic mass is 16.5. The second-order valence-electron chi connectivity index (χ2n) is 4.47. The van der Waals surface area contributed by atoms with Gasteiger partial charge in [-0.3, -0.25) is 9.69 Å². The van der Waals surface area contributed by atoms with Gasteiger partial charge in [-0.05, 0) is 38.3 Å². The summed E-state index contributed by atoms with van der Waals surface area (Å²) >= 11 is 0. The molecule has 1 rings (SSSR count). The number of aliphatic carboxylic acids is 1. The number of carbonyl (C=O) groups excluding carboxylic acids is 1. The molecule has 1 N–H and O–H groups in total. The number of carboxylic acids is 1. The van der Waals surface area contributed by atoms with Crippen LogP contribution in [0.5, 0.6) is 0 Å². The molecule has 110 valence electrons. The predicted molar refractivity (Wildman–Crippen MR) is 76.8 cm³/mol. The van der Waals surface area contributed by atoms with Crippen molar-refractivity contribution < 1.29 is 19.4 Å². The maximum absolute atomic E-state index is 12.0. The molecule has 0 aliphatic rings. The van der Waals surface area contributed by atoms with Gasteiger partial charge in [0.2, 0.25) is 0 Å². The molecule has 0 aromatic heterocycles. The van der Waals surface area contributed by atoms with Crippen molar-refractivity contribution >= 4 is 17.6 Å². The number of benzene rings is 1. The molecule has 1 aromatic carbocycles. The number of ether oxygens (including phenoxy) is 1. The van der Waals surface area contributed by atoms with E-state index in [1.807, 2.05) is 32.0 Å². The minimum absolute atomic E-state index is 0.401. The Kier molecular flexibility index (Phi) is 5.70. The van der Waals surface area contributed by atoms with Crippen LogP contribution in [0, 0.1) is 6.92 Å². The van der Waals surface area contributed by atoms with Gasteiger partial charge in [-0.2, -0.15) is 0 Å². The number of nitrogens with zero attached hydrogens (tertiary/aromatic N) is 1. The van der Waals surface area contributed by atoms with Crippen LogP contribution in [-0.4, -0.2) is 29.8 Å². The number of hydrogen-bond donors (Lipinski definition) is 1. The Morgan fingerprint density at radius 3 is 2.50 bits per heavy atom. The maximum Gasteiger partial charge on any atom is 0.395 e. The van der Waals surface area contributed by atoms with Crippen LogP contribution in [0.4, 0.5) is 5.69 Å². The van der Waals surface area contributed by atoms with Crippen molar-refractivity contribution in [1.82, 2.24) is 0 Å². The summed E-state index contributed by atoms with van der Waals surface area (Å²) in [5.41, 5.74) is 2.40. The Bertz CT molecular complexity index is 499. The standard InChI is InChI=1S/C15H21NO4/c1-5-12-9-7-8-10(3)13(12)16(11(4)20-6-2)14(17)15(18)19/h7-9,11H,5-6H2,1-4H3,(H,18,19). The SMILES string of the molecule is CCOC(C)N(C(=O)C(=O)O)c1c(C)cccc1CC. The average molecular weight is 279 g/mol. The number of carboxylic acid groups (broad SMARTS) is 1. The quantitative estimate of drug-likeness (QED) is 0.663. The largest absolute Gasteiger partial charge is 0.474 e. The van der Waals surface area contributed by atoms with Gasteiger partial charge in [0.05, 0.1) is 5.69 Å². The lowest BCUT2D eigenvalue weighted by Crippen LogP contribution is -2.45. The van der Waals surface area contributed by atoms with Crippen LogP contribution < -0.4 is 4.90 Å². The fourth-order valence-electron chi connectivity index (χ4n) is 2.22. The first-order valence-electron chi connectivity index (χ1n) is 6.70. The monoisotopic (exact) mass is 279 g/mol. The molecule has 0 saturated heterocycles. The van der Waals surface area contributed by atoms with Crippen molar-refractivity contribution in [1.29, 1.82) is 0 Å². The summed E-state index contributed by atoms with van der Waals surface area (Å²) in [6.45, 7) is 7.70. The van der Waals surface area contributed by atoms with Gasteiger partial charge >= 0.3 is 11.9 Å². The Labute approximate surface area is 119 Å². The molecule has 0 fully saturated rings. The molecule has 0 heterocycles. The fraction of sp³-hybridized carbons (Fsp3) is 0.467. The van der Waals surface area contributed by atoms with Crippen LogP contribution in [0.25, 0.3) is 0 Å². The number of hydrogen-bond acceptors (Lipinski definition) is 3. The second kappa shape index (κ2) is 7.05. The molecule has 0 spiro atoms. The van der Waals surface area contributed by atoms with Crippen molar-refractivity contribution in [3.63, 3.8) is 0 Å². The summed E-state index contributed by atoms with van der Waals surface area (Å²) in [7, 11) is 0. The lowest BCUT2D eigenvalue weighted by atomic mass is 10.0. The van der Waals surface area contributed by atoms with Gasteiger partial charge in [0, 0.05) is 6.61 Å². The summed E-state index contributed by atoms with van der Waals surface area (Å²) in [6.07, 6.45) is 0.0780. The van der Waals surface area contributed by atoms with Gasteiger partial charge in [-0.1, -0.05) is 25.1 Å². The molecule has 1 amide bonds. The Morgan fingerprint density at radius 2 is 2.00 bits per heavy atom. The van der Waals surface area contributed by atoms with Crippen LogP contribution in [0.15, 0.2) is 18.2 Å². The predicted octanol–water partition coefficient (Wildman–Crippen LogP) is 2.36. The summed E-state index contributed by atoms with van der Waals surface area (Å²) in [5, 5.41) is 9.04. The lowest BCUT2D eigenvalue weighted by Gasteiger charge is -2.30. The zero-order chi connectivity index (χ0) is 15.3. The van der Waals surface area contributed by atoms with E-state index in [2.05, 4.69) is 0 Å². The highest BCUT2D eigenvalue weighted by Gasteiger charge is 2.30. The summed E-state index contributed by atoms with van der Waals surface area (Å²) in [4.78, 5) is 24.3. The van der Waals surface area contributed by atoms with Crippen LogP contribution >= 0.6 is 0 Å². The van der Waals surface area contributed by atoms with E-state index in [9.17, 15) is 9.59 Å². The Hall–Kier alpha value is -1.88. The van der Waals surface area contributed by atoms with E-state index in [1.165, 1.54) is 4.90 Å². The van der Waals surface area contributed by atoms with Crippen LogP contribution in [0.1, 0.15) is 31.9 Å². The molecule has 1 unspecified atom stereocenters. The van der Waals surface area contributed by atoms with Crippen LogP contribution in [0.3, 0.4) is 0 Å². The molecular weight excluding hydrogens is 258 g/mol. The minimum atomic E-state index is -1.48. The molecule has 5 nitrogen and oxygen atoms in total. The van der Waals surface area contributed by atoms with E-state index in [0.717, 1.165) is 11.1 Å². The van der Waals surface area contributed by atoms with Crippen molar-refractivity contribution in [2.75, 3.05) is 11.5 Å². The molecular formula is C15H21NO4. The number of para-hydroxylation sites is 1.